The van der Waals surface area contributed by atoms with E-state index in [9.17, 15) is 0 Å². The first kappa shape index (κ1) is 16.5. The number of nitrogens with zero attached hydrogens (tertiary/aromatic N) is 1. The van der Waals surface area contributed by atoms with Gasteiger partial charge in [0.25, 0.3) is 0 Å². The summed E-state index contributed by atoms with van der Waals surface area (Å²) in [5.74, 6) is 0. The molecule has 0 atom stereocenters. The molecule has 0 N–H and O–H groups in total. The second-order valence-corrected chi connectivity index (χ2v) is 5.77. The van der Waals surface area contributed by atoms with Crippen molar-refractivity contribution in [3.8, 4) is 0 Å². The third kappa shape index (κ3) is 7.57. The smallest absolute Gasteiger partial charge is 0.0169 e. The Bertz CT molecular complexity index is 230. The van der Waals surface area contributed by atoms with Gasteiger partial charge in [-0.1, -0.05) is 70.3 Å². The predicted octanol–water partition coefficient (Wildman–Crippen LogP) is 5.33. The Morgan fingerprint density at radius 3 is 1.79 bits per heavy atom. The normalized spacial score (nSPS) is 18.1. The Hall–Kier alpha value is -0.560. The van der Waals surface area contributed by atoms with Crippen LogP contribution >= 0.6 is 0 Å². The summed E-state index contributed by atoms with van der Waals surface area (Å²) in [7, 11) is 0. The first-order valence-electron chi connectivity index (χ1n) is 8.42. The van der Waals surface area contributed by atoms with Gasteiger partial charge in [0.15, 0.2) is 0 Å². The van der Waals surface area contributed by atoms with Crippen LogP contribution < -0.4 is 0 Å². The van der Waals surface area contributed by atoms with Crippen molar-refractivity contribution in [3.63, 3.8) is 0 Å². The fourth-order valence-corrected chi connectivity index (χ4v) is 2.81. The van der Waals surface area contributed by atoms with Crippen molar-refractivity contribution in [1.29, 1.82) is 0 Å². The van der Waals surface area contributed by atoms with Gasteiger partial charge in [-0.2, -0.15) is 0 Å². The zero-order chi connectivity index (χ0) is 13.8. The van der Waals surface area contributed by atoms with Gasteiger partial charge >= 0.3 is 0 Å². The van der Waals surface area contributed by atoms with Crippen LogP contribution in [0.5, 0.6) is 0 Å². The van der Waals surface area contributed by atoms with E-state index in [4.69, 9.17) is 0 Å². The summed E-state index contributed by atoms with van der Waals surface area (Å²) in [6.45, 7) is 6.77. The van der Waals surface area contributed by atoms with Gasteiger partial charge in [-0.3, -0.25) is 4.90 Å². The second-order valence-electron chi connectivity index (χ2n) is 5.77. The molecule has 0 radical (unpaired) electrons. The number of hydrogen-bond donors (Lipinski definition) is 0. The molecule has 0 aliphatic heterocycles. The summed E-state index contributed by atoms with van der Waals surface area (Å²) in [4.78, 5) is 2.68. The van der Waals surface area contributed by atoms with Crippen LogP contribution in [0.1, 0.15) is 71.6 Å². The molecular formula is C18H33N. The minimum Gasteiger partial charge on any atom is -0.293 e. The number of hydrogen-bond acceptors (Lipinski definition) is 1. The number of rotatable bonds is 9. The molecule has 0 bridgehead atoms. The third-order valence-electron chi connectivity index (χ3n) is 4.01. The monoisotopic (exact) mass is 263 g/mol. The molecule has 1 aliphatic rings. The lowest BCUT2D eigenvalue weighted by Crippen LogP contribution is -2.37. The molecule has 1 fully saturated rings. The molecule has 0 aromatic heterocycles. The fourth-order valence-electron chi connectivity index (χ4n) is 2.81. The molecule has 110 valence electrons. The summed E-state index contributed by atoms with van der Waals surface area (Å²) in [5, 5.41) is 0. The van der Waals surface area contributed by atoms with E-state index >= 15 is 0 Å². The van der Waals surface area contributed by atoms with Crippen LogP contribution in [0.4, 0.5) is 0 Å². The first-order valence-corrected chi connectivity index (χ1v) is 8.42. The molecule has 0 saturated heterocycles. The number of allylic oxidation sites excluding steroid dienone is 2. The minimum absolute atomic E-state index is 0.825. The van der Waals surface area contributed by atoms with E-state index in [2.05, 4.69) is 43.1 Å². The Morgan fingerprint density at radius 1 is 0.789 bits per heavy atom. The topological polar surface area (TPSA) is 3.24 Å². The van der Waals surface area contributed by atoms with Crippen LogP contribution in [-0.4, -0.2) is 24.0 Å². The summed E-state index contributed by atoms with van der Waals surface area (Å²) in [6.07, 6.45) is 21.6. The third-order valence-corrected chi connectivity index (χ3v) is 4.01. The van der Waals surface area contributed by atoms with Gasteiger partial charge in [-0.05, 0) is 25.7 Å². The largest absolute Gasteiger partial charge is 0.293 e. The molecular weight excluding hydrogens is 230 g/mol. The zero-order valence-corrected chi connectivity index (χ0v) is 13.1. The van der Waals surface area contributed by atoms with Gasteiger partial charge in [0, 0.05) is 19.1 Å². The molecule has 1 aliphatic carbocycles. The summed E-state index contributed by atoms with van der Waals surface area (Å²) in [5.41, 5.74) is 0. The molecule has 0 amide bonds. The average Bonchev–Trinajstić information content (AvgIpc) is 2.46. The Kier molecular flexibility index (Phi) is 9.79. The lowest BCUT2D eigenvalue weighted by molar-refractivity contribution is 0.189. The van der Waals surface area contributed by atoms with Gasteiger partial charge in [0.05, 0.1) is 0 Å². The van der Waals surface area contributed by atoms with Crippen molar-refractivity contribution in [2.75, 3.05) is 13.1 Å². The molecule has 1 rings (SSSR count). The summed E-state index contributed by atoms with van der Waals surface area (Å²) >= 11 is 0. The lowest BCUT2D eigenvalue weighted by atomic mass is 9.94. The molecule has 0 aromatic rings. The Labute approximate surface area is 120 Å². The molecule has 1 saturated carbocycles. The maximum Gasteiger partial charge on any atom is 0.0169 e. The predicted molar refractivity (Wildman–Crippen MR) is 86.5 cm³/mol. The van der Waals surface area contributed by atoms with Gasteiger partial charge in [-0.25, -0.2) is 0 Å². The average molecular weight is 263 g/mol. The van der Waals surface area contributed by atoms with Crippen molar-refractivity contribution < 1.29 is 0 Å². The highest BCUT2D eigenvalue weighted by Gasteiger charge is 2.18. The van der Waals surface area contributed by atoms with Crippen LogP contribution in [0.15, 0.2) is 24.3 Å². The van der Waals surface area contributed by atoms with Crippen molar-refractivity contribution in [2.45, 2.75) is 77.7 Å². The number of unbranched alkanes of at least 4 members (excludes halogenated alkanes) is 2. The molecule has 1 heteroatoms. The van der Waals surface area contributed by atoms with Crippen LogP contribution in [-0.2, 0) is 0 Å². The fraction of sp³-hybridized carbons (Fsp3) is 0.778. The molecule has 19 heavy (non-hydrogen) atoms. The second kappa shape index (κ2) is 11.3. The van der Waals surface area contributed by atoms with Crippen LogP contribution in [0, 0.1) is 0 Å². The highest BCUT2D eigenvalue weighted by molar-refractivity contribution is 4.92. The lowest BCUT2D eigenvalue weighted by Gasteiger charge is -2.32. The van der Waals surface area contributed by atoms with Crippen LogP contribution in [0.3, 0.4) is 0 Å². The van der Waals surface area contributed by atoms with E-state index in [0.29, 0.717) is 0 Å². The van der Waals surface area contributed by atoms with Gasteiger partial charge in [0.2, 0.25) is 0 Å². The van der Waals surface area contributed by atoms with E-state index < -0.39 is 0 Å². The van der Waals surface area contributed by atoms with Gasteiger partial charge in [0.1, 0.15) is 0 Å². The van der Waals surface area contributed by atoms with E-state index in [1.165, 1.54) is 57.8 Å². The SMILES string of the molecule is CCC/C=C/CN(C/C=C/CCC)C1CCCCC1. The van der Waals surface area contributed by atoms with E-state index in [-0.39, 0.29) is 0 Å². The highest BCUT2D eigenvalue weighted by Crippen LogP contribution is 2.22. The Balaban J connectivity index is 2.41. The van der Waals surface area contributed by atoms with Crippen LogP contribution in [0.2, 0.25) is 0 Å². The van der Waals surface area contributed by atoms with Crippen molar-refractivity contribution in [1.82, 2.24) is 4.90 Å². The molecule has 1 nitrogen and oxygen atoms in total. The van der Waals surface area contributed by atoms with E-state index in [1.54, 1.807) is 0 Å². The van der Waals surface area contributed by atoms with Gasteiger partial charge < -0.3 is 0 Å². The summed E-state index contributed by atoms with van der Waals surface area (Å²) in [6, 6.07) is 0.825. The minimum atomic E-state index is 0.825. The zero-order valence-electron chi connectivity index (χ0n) is 13.1. The van der Waals surface area contributed by atoms with E-state index in [1.807, 2.05) is 0 Å². The van der Waals surface area contributed by atoms with Gasteiger partial charge in [-0.15, -0.1) is 0 Å². The highest BCUT2D eigenvalue weighted by atomic mass is 15.1. The van der Waals surface area contributed by atoms with Crippen molar-refractivity contribution in [3.05, 3.63) is 24.3 Å². The summed E-state index contributed by atoms with van der Waals surface area (Å²) < 4.78 is 0. The van der Waals surface area contributed by atoms with Crippen LogP contribution in [0.25, 0.3) is 0 Å². The maximum atomic E-state index is 2.68. The maximum absolute atomic E-state index is 2.68. The molecule has 0 aromatic carbocycles. The Morgan fingerprint density at radius 2 is 1.32 bits per heavy atom. The standard InChI is InChI=1S/C18H33N/c1-3-5-7-12-16-19(17-13-8-6-4-2)18-14-10-9-11-15-18/h7-8,12-13,18H,3-6,9-11,14-17H2,1-2H3/b12-7+,13-8+. The first-order chi connectivity index (χ1) is 9.38. The van der Waals surface area contributed by atoms with Crippen molar-refractivity contribution in [2.24, 2.45) is 0 Å². The van der Waals surface area contributed by atoms with Crippen molar-refractivity contribution >= 4 is 0 Å². The van der Waals surface area contributed by atoms with E-state index in [0.717, 1.165) is 19.1 Å². The molecule has 0 spiro atoms. The molecule has 0 heterocycles. The quantitative estimate of drug-likeness (QED) is 0.508. The molecule has 0 unspecified atom stereocenters.